The minimum atomic E-state index is 0.507. The van der Waals surface area contributed by atoms with Crippen LogP contribution in [0.25, 0.3) is 0 Å². The van der Waals surface area contributed by atoms with Gasteiger partial charge in [-0.05, 0) is 6.92 Å². The molecule has 2 rings (SSSR count). The highest BCUT2D eigenvalue weighted by molar-refractivity contribution is 5.52. The van der Waals surface area contributed by atoms with E-state index < -0.39 is 0 Å². The lowest BCUT2D eigenvalue weighted by atomic mass is 10.4. The number of hydrogen-bond acceptors (Lipinski definition) is 4. The van der Waals surface area contributed by atoms with Gasteiger partial charge in [-0.25, -0.2) is 0 Å². The summed E-state index contributed by atoms with van der Waals surface area (Å²) in [5, 5.41) is 10.7. The summed E-state index contributed by atoms with van der Waals surface area (Å²) in [6.45, 7) is 2.39. The summed E-state index contributed by atoms with van der Waals surface area (Å²) in [5.41, 5.74) is 0.877. The minimum absolute atomic E-state index is 0.507. The van der Waals surface area contributed by atoms with Crippen LogP contribution >= 0.6 is 0 Å². The van der Waals surface area contributed by atoms with E-state index in [2.05, 4.69) is 15.5 Å². The Morgan fingerprint density at radius 1 is 1.60 bits per heavy atom. The van der Waals surface area contributed by atoms with Crippen LogP contribution in [0.1, 0.15) is 5.69 Å². The Kier molecular flexibility index (Phi) is 1.00. The van der Waals surface area contributed by atoms with Crippen molar-refractivity contribution in [1.82, 2.24) is 10.2 Å². The lowest BCUT2D eigenvalue weighted by Crippen LogP contribution is -1.97. The molecule has 0 fully saturated rings. The van der Waals surface area contributed by atoms with E-state index in [1.54, 1.807) is 0 Å². The maximum atomic E-state index is 5.17. The highest BCUT2D eigenvalue weighted by atomic mass is 16.5. The van der Waals surface area contributed by atoms with Gasteiger partial charge in [0.15, 0.2) is 18.3 Å². The molecule has 0 atom stereocenters. The van der Waals surface area contributed by atoms with Gasteiger partial charge in [-0.3, -0.25) is 0 Å². The quantitative estimate of drug-likeness (QED) is 0.567. The average Bonchev–Trinajstić information content (AvgIpc) is 2.33. The summed E-state index contributed by atoms with van der Waals surface area (Å²) >= 11 is 0. The van der Waals surface area contributed by atoms with Gasteiger partial charge in [0, 0.05) is 6.07 Å². The van der Waals surface area contributed by atoms with Crippen LogP contribution in [-0.4, -0.2) is 16.9 Å². The molecule has 0 spiro atoms. The van der Waals surface area contributed by atoms with Gasteiger partial charge in [0.25, 0.3) is 0 Å². The number of anilines is 1. The van der Waals surface area contributed by atoms with E-state index in [1.165, 1.54) is 0 Å². The number of fused-ring (bicyclic) bond motifs is 1. The molecule has 1 aliphatic rings. The van der Waals surface area contributed by atoms with E-state index in [0.717, 1.165) is 17.3 Å². The van der Waals surface area contributed by atoms with Crippen molar-refractivity contribution in [2.45, 2.75) is 6.92 Å². The summed E-state index contributed by atoms with van der Waals surface area (Å²) < 4.78 is 5.17. The van der Waals surface area contributed by atoms with Gasteiger partial charge >= 0.3 is 0 Å². The molecule has 1 aromatic rings. The maximum absolute atomic E-state index is 5.17. The molecule has 0 bridgehead atoms. The fraction of sp³-hybridized carbons (Fsp3) is 0.333. The van der Waals surface area contributed by atoms with E-state index in [-0.39, 0.29) is 0 Å². The van der Waals surface area contributed by atoms with Gasteiger partial charge in [0.1, 0.15) is 0 Å². The van der Waals surface area contributed by atoms with E-state index >= 15 is 0 Å². The van der Waals surface area contributed by atoms with Gasteiger partial charge in [-0.15, -0.1) is 5.10 Å². The highest BCUT2D eigenvalue weighted by Gasteiger charge is 2.11. The molecule has 1 aliphatic heterocycles. The first-order valence-electron chi connectivity index (χ1n) is 3.07. The molecule has 0 saturated heterocycles. The summed E-state index contributed by atoms with van der Waals surface area (Å²) in [7, 11) is 0. The molecule has 2 heterocycles. The zero-order valence-electron chi connectivity index (χ0n) is 5.59. The lowest BCUT2D eigenvalue weighted by molar-refractivity contribution is 0.372. The van der Waals surface area contributed by atoms with E-state index in [0.29, 0.717) is 6.73 Å². The van der Waals surface area contributed by atoms with Crippen molar-refractivity contribution in [3.05, 3.63) is 11.8 Å². The zero-order chi connectivity index (χ0) is 6.97. The van der Waals surface area contributed by atoms with Crippen molar-refractivity contribution >= 4 is 5.82 Å². The first-order chi connectivity index (χ1) is 4.86. The number of rotatable bonds is 0. The largest absolute Gasteiger partial charge is 0.469 e. The first kappa shape index (κ1) is 5.46. The predicted molar refractivity (Wildman–Crippen MR) is 35.9 cm³/mol. The second-order valence-corrected chi connectivity index (χ2v) is 2.16. The van der Waals surface area contributed by atoms with Gasteiger partial charge in [0.2, 0.25) is 0 Å². The van der Waals surface area contributed by atoms with Crippen molar-refractivity contribution in [2.75, 3.05) is 12.0 Å². The SMILES string of the molecule is Cc1cc2c(nn1)NCO2. The number of nitrogens with one attached hydrogen (secondary N) is 1. The maximum Gasteiger partial charge on any atom is 0.193 e. The van der Waals surface area contributed by atoms with Crippen molar-refractivity contribution in [1.29, 1.82) is 0 Å². The van der Waals surface area contributed by atoms with Gasteiger partial charge in [-0.1, -0.05) is 0 Å². The predicted octanol–water partition coefficient (Wildman–Crippen LogP) is 0.547. The fourth-order valence-electron chi connectivity index (χ4n) is 0.880. The van der Waals surface area contributed by atoms with E-state index in [4.69, 9.17) is 4.74 Å². The topological polar surface area (TPSA) is 47.0 Å². The van der Waals surface area contributed by atoms with Crippen LogP contribution in [0.2, 0.25) is 0 Å². The van der Waals surface area contributed by atoms with Crippen LogP contribution in [0.3, 0.4) is 0 Å². The van der Waals surface area contributed by atoms with Gasteiger partial charge in [-0.2, -0.15) is 5.10 Å². The molecule has 0 aliphatic carbocycles. The van der Waals surface area contributed by atoms with Crippen molar-refractivity contribution in [3.8, 4) is 5.75 Å². The van der Waals surface area contributed by atoms with Crippen LogP contribution in [0.4, 0.5) is 5.82 Å². The molecule has 10 heavy (non-hydrogen) atoms. The third kappa shape index (κ3) is 0.689. The molecule has 4 nitrogen and oxygen atoms in total. The first-order valence-corrected chi connectivity index (χ1v) is 3.07. The van der Waals surface area contributed by atoms with Crippen LogP contribution in [0.15, 0.2) is 6.07 Å². The molecule has 0 aromatic carbocycles. The Morgan fingerprint density at radius 3 is 3.40 bits per heavy atom. The Balaban J connectivity index is 2.52. The Morgan fingerprint density at radius 2 is 2.50 bits per heavy atom. The minimum Gasteiger partial charge on any atom is -0.469 e. The van der Waals surface area contributed by atoms with Crippen LogP contribution < -0.4 is 10.1 Å². The number of aryl methyl sites for hydroxylation is 1. The highest BCUT2D eigenvalue weighted by Crippen LogP contribution is 2.25. The molecular weight excluding hydrogens is 130 g/mol. The lowest BCUT2D eigenvalue weighted by Gasteiger charge is -1.94. The molecule has 0 unspecified atom stereocenters. The van der Waals surface area contributed by atoms with E-state index in [1.807, 2.05) is 13.0 Å². The third-order valence-corrected chi connectivity index (χ3v) is 1.35. The molecule has 1 aromatic heterocycles. The summed E-state index contributed by atoms with van der Waals surface area (Å²) in [6.07, 6.45) is 0. The van der Waals surface area contributed by atoms with Crippen LogP contribution in [-0.2, 0) is 0 Å². The Labute approximate surface area is 58.2 Å². The molecule has 52 valence electrons. The number of ether oxygens (including phenoxy) is 1. The normalized spacial score (nSPS) is 13.7. The Bertz CT molecular complexity index is 261. The molecular formula is C6H7N3O. The zero-order valence-corrected chi connectivity index (χ0v) is 5.59. The van der Waals surface area contributed by atoms with Crippen LogP contribution in [0, 0.1) is 6.92 Å². The molecule has 0 saturated carbocycles. The van der Waals surface area contributed by atoms with Crippen LogP contribution in [0.5, 0.6) is 5.75 Å². The summed E-state index contributed by atoms with van der Waals surface area (Å²) in [4.78, 5) is 0. The number of aromatic nitrogens is 2. The smallest absolute Gasteiger partial charge is 0.193 e. The van der Waals surface area contributed by atoms with Crippen molar-refractivity contribution < 1.29 is 4.74 Å². The number of hydrogen-bond donors (Lipinski definition) is 1. The van der Waals surface area contributed by atoms with Gasteiger partial charge < -0.3 is 10.1 Å². The van der Waals surface area contributed by atoms with Crippen molar-refractivity contribution in [2.24, 2.45) is 0 Å². The van der Waals surface area contributed by atoms with E-state index in [9.17, 15) is 0 Å². The second kappa shape index (κ2) is 1.83. The molecule has 0 amide bonds. The fourth-order valence-corrected chi connectivity index (χ4v) is 0.880. The summed E-state index contributed by atoms with van der Waals surface area (Å²) in [6, 6.07) is 1.86. The average molecular weight is 137 g/mol. The molecule has 4 heteroatoms. The molecule has 0 radical (unpaired) electrons. The standard InChI is InChI=1S/C6H7N3O/c1-4-2-5-6(9-8-4)7-3-10-5/h2H,3H2,1H3,(H,7,9). The Hall–Kier alpha value is -1.32. The summed E-state index contributed by atoms with van der Waals surface area (Å²) in [5.74, 6) is 1.54. The third-order valence-electron chi connectivity index (χ3n) is 1.35. The number of nitrogens with zero attached hydrogens (tertiary/aromatic N) is 2. The second-order valence-electron chi connectivity index (χ2n) is 2.16. The van der Waals surface area contributed by atoms with Gasteiger partial charge in [0.05, 0.1) is 5.69 Å². The van der Waals surface area contributed by atoms with Crippen molar-refractivity contribution in [3.63, 3.8) is 0 Å². The molecule has 1 N–H and O–H groups in total. The monoisotopic (exact) mass is 137 g/mol.